The zero-order chi connectivity index (χ0) is 13.1. The Hall–Kier alpha value is -1.43. The van der Waals surface area contributed by atoms with E-state index in [-0.39, 0.29) is 17.7 Å². The van der Waals surface area contributed by atoms with Crippen LogP contribution in [0, 0.1) is 12.8 Å². The van der Waals surface area contributed by atoms with Crippen LogP contribution in [0.3, 0.4) is 0 Å². The maximum atomic E-state index is 12.0. The number of piperidine rings is 1. The summed E-state index contributed by atoms with van der Waals surface area (Å²) in [7, 11) is 0. The molecule has 0 saturated carbocycles. The van der Waals surface area contributed by atoms with Crippen molar-refractivity contribution < 1.29 is 9.59 Å². The summed E-state index contributed by atoms with van der Waals surface area (Å²) in [5.41, 5.74) is 1.03. The molecule has 0 radical (unpaired) electrons. The fraction of sp³-hybridized carbons (Fsp3) is 0.583. The van der Waals surface area contributed by atoms with Crippen LogP contribution >= 0.6 is 11.3 Å². The summed E-state index contributed by atoms with van der Waals surface area (Å²) in [5.74, 6) is -0.166. The molecule has 0 aliphatic carbocycles. The van der Waals surface area contributed by atoms with Crippen LogP contribution in [0.25, 0.3) is 0 Å². The van der Waals surface area contributed by atoms with Gasteiger partial charge in [-0.05, 0) is 19.8 Å². The van der Waals surface area contributed by atoms with Gasteiger partial charge in [-0.1, -0.05) is 6.92 Å². The Morgan fingerprint density at radius 3 is 2.94 bits per heavy atom. The predicted octanol–water partition coefficient (Wildman–Crippen LogP) is 1.48. The van der Waals surface area contributed by atoms with Crippen LogP contribution < -0.4 is 10.6 Å². The van der Waals surface area contributed by atoms with E-state index >= 15 is 0 Å². The average molecular weight is 267 g/mol. The van der Waals surface area contributed by atoms with Gasteiger partial charge >= 0.3 is 0 Å². The molecular formula is C12H17N3O2S. The van der Waals surface area contributed by atoms with Crippen LogP contribution in [0.4, 0.5) is 5.13 Å². The number of aryl methyl sites for hydroxylation is 2. The molecule has 2 heterocycles. The van der Waals surface area contributed by atoms with E-state index in [4.69, 9.17) is 0 Å². The number of carbonyl (C=O) groups is 2. The van der Waals surface area contributed by atoms with Crippen LogP contribution in [0.15, 0.2) is 0 Å². The molecule has 1 saturated heterocycles. The molecule has 5 nitrogen and oxygen atoms in total. The summed E-state index contributed by atoms with van der Waals surface area (Å²) in [5, 5.41) is 6.21. The van der Waals surface area contributed by atoms with E-state index in [2.05, 4.69) is 15.6 Å². The first-order valence-corrected chi connectivity index (χ1v) is 6.95. The number of thiazole rings is 1. The van der Waals surface area contributed by atoms with Gasteiger partial charge in [0.15, 0.2) is 5.13 Å². The highest BCUT2D eigenvalue weighted by Gasteiger charge is 2.25. The normalized spacial score (nSPS) is 19.4. The SMILES string of the molecule is CCc1nc(NC(=O)C2CCC(=O)NC2)sc1C. The van der Waals surface area contributed by atoms with Crippen LogP contribution in [-0.4, -0.2) is 23.3 Å². The van der Waals surface area contributed by atoms with Gasteiger partial charge in [0.2, 0.25) is 11.8 Å². The maximum absolute atomic E-state index is 12.0. The monoisotopic (exact) mass is 267 g/mol. The molecule has 1 aliphatic rings. The summed E-state index contributed by atoms with van der Waals surface area (Å²) >= 11 is 1.50. The molecule has 2 amide bonds. The molecule has 2 N–H and O–H groups in total. The van der Waals surface area contributed by atoms with Crippen LogP contribution in [0.5, 0.6) is 0 Å². The Morgan fingerprint density at radius 2 is 2.39 bits per heavy atom. The Balaban J connectivity index is 1.96. The lowest BCUT2D eigenvalue weighted by Gasteiger charge is -2.20. The Bertz CT molecular complexity index is 460. The minimum Gasteiger partial charge on any atom is -0.355 e. The highest BCUT2D eigenvalue weighted by atomic mass is 32.1. The van der Waals surface area contributed by atoms with Gasteiger partial charge < -0.3 is 10.6 Å². The van der Waals surface area contributed by atoms with E-state index in [9.17, 15) is 9.59 Å². The van der Waals surface area contributed by atoms with Gasteiger partial charge in [0.25, 0.3) is 0 Å². The van der Waals surface area contributed by atoms with Crippen molar-refractivity contribution in [3.8, 4) is 0 Å². The smallest absolute Gasteiger partial charge is 0.231 e. The molecule has 0 spiro atoms. The number of nitrogens with zero attached hydrogens (tertiary/aromatic N) is 1. The second kappa shape index (κ2) is 5.48. The van der Waals surface area contributed by atoms with E-state index in [0.717, 1.165) is 17.0 Å². The van der Waals surface area contributed by atoms with Crippen molar-refractivity contribution in [3.63, 3.8) is 0 Å². The van der Waals surface area contributed by atoms with E-state index in [1.54, 1.807) is 0 Å². The average Bonchev–Trinajstić information content (AvgIpc) is 2.70. The van der Waals surface area contributed by atoms with Gasteiger partial charge in [0.05, 0.1) is 11.6 Å². The molecule has 18 heavy (non-hydrogen) atoms. The van der Waals surface area contributed by atoms with Crippen molar-refractivity contribution >= 4 is 28.3 Å². The largest absolute Gasteiger partial charge is 0.355 e. The Labute approximate surface area is 110 Å². The second-order valence-electron chi connectivity index (χ2n) is 4.40. The predicted molar refractivity (Wildman–Crippen MR) is 70.6 cm³/mol. The first-order valence-electron chi connectivity index (χ1n) is 6.14. The fourth-order valence-electron chi connectivity index (χ4n) is 1.97. The number of nitrogens with one attached hydrogen (secondary N) is 2. The molecule has 0 aromatic carbocycles. The number of carbonyl (C=O) groups excluding carboxylic acids is 2. The maximum Gasteiger partial charge on any atom is 0.231 e. The van der Waals surface area contributed by atoms with Crippen LogP contribution in [-0.2, 0) is 16.0 Å². The molecule has 1 aromatic rings. The highest BCUT2D eigenvalue weighted by molar-refractivity contribution is 7.15. The molecule has 1 unspecified atom stereocenters. The van der Waals surface area contributed by atoms with Crippen molar-refractivity contribution in [2.24, 2.45) is 5.92 Å². The van der Waals surface area contributed by atoms with Crippen LogP contribution in [0.2, 0.25) is 0 Å². The zero-order valence-corrected chi connectivity index (χ0v) is 11.4. The molecule has 2 rings (SSSR count). The van der Waals surface area contributed by atoms with Gasteiger partial charge in [-0.2, -0.15) is 0 Å². The topological polar surface area (TPSA) is 71.1 Å². The van der Waals surface area contributed by atoms with Crippen LogP contribution in [0.1, 0.15) is 30.3 Å². The zero-order valence-electron chi connectivity index (χ0n) is 10.6. The number of rotatable bonds is 3. The fourth-order valence-corrected chi connectivity index (χ4v) is 2.88. The number of aromatic nitrogens is 1. The van der Waals surface area contributed by atoms with Gasteiger partial charge in [-0.3, -0.25) is 9.59 Å². The summed E-state index contributed by atoms with van der Waals surface area (Å²) in [4.78, 5) is 28.5. The molecule has 1 fully saturated rings. The molecule has 0 bridgehead atoms. The molecule has 6 heteroatoms. The number of amides is 2. The number of anilines is 1. The van der Waals surface area contributed by atoms with E-state index in [0.29, 0.717) is 24.5 Å². The highest BCUT2D eigenvalue weighted by Crippen LogP contribution is 2.23. The standard InChI is InChI=1S/C12H17N3O2S/c1-3-9-7(2)18-12(14-9)15-11(17)8-4-5-10(16)13-6-8/h8H,3-6H2,1-2H3,(H,13,16)(H,14,15,17). The van der Waals surface area contributed by atoms with Crippen molar-refractivity contribution in [2.45, 2.75) is 33.1 Å². The summed E-state index contributed by atoms with van der Waals surface area (Å²) in [6, 6.07) is 0. The quantitative estimate of drug-likeness (QED) is 0.871. The van der Waals surface area contributed by atoms with Gasteiger partial charge in [0.1, 0.15) is 0 Å². The van der Waals surface area contributed by atoms with Crippen molar-refractivity contribution in [3.05, 3.63) is 10.6 Å². The Kier molecular flexibility index (Phi) is 3.96. The van der Waals surface area contributed by atoms with Crippen molar-refractivity contribution in [1.29, 1.82) is 0 Å². The summed E-state index contributed by atoms with van der Waals surface area (Å²) in [6.07, 6.45) is 1.91. The van der Waals surface area contributed by atoms with Gasteiger partial charge in [-0.15, -0.1) is 11.3 Å². The van der Waals surface area contributed by atoms with Crippen molar-refractivity contribution in [2.75, 3.05) is 11.9 Å². The minimum absolute atomic E-state index is 0.0254. The lowest BCUT2D eigenvalue weighted by molar-refractivity contribution is -0.126. The first kappa shape index (κ1) is 13.0. The number of hydrogen-bond acceptors (Lipinski definition) is 4. The summed E-state index contributed by atoms with van der Waals surface area (Å²) < 4.78 is 0. The van der Waals surface area contributed by atoms with Gasteiger partial charge in [-0.25, -0.2) is 4.98 Å². The third kappa shape index (κ3) is 2.87. The van der Waals surface area contributed by atoms with E-state index in [1.165, 1.54) is 11.3 Å². The minimum atomic E-state index is -0.142. The molecule has 1 aromatic heterocycles. The van der Waals surface area contributed by atoms with Gasteiger partial charge in [0, 0.05) is 17.8 Å². The molecular weight excluding hydrogens is 250 g/mol. The first-order chi connectivity index (χ1) is 8.60. The third-order valence-corrected chi connectivity index (χ3v) is 4.02. The number of hydrogen-bond donors (Lipinski definition) is 2. The molecule has 98 valence electrons. The lowest BCUT2D eigenvalue weighted by atomic mass is 9.98. The summed E-state index contributed by atoms with van der Waals surface area (Å²) in [6.45, 7) is 4.48. The Morgan fingerprint density at radius 1 is 1.61 bits per heavy atom. The third-order valence-electron chi connectivity index (χ3n) is 3.09. The molecule has 1 atom stereocenters. The molecule has 1 aliphatic heterocycles. The van der Waals surface area contributed by atoms with Crippen molar-refractivity contribution in [1.82, 2.24) is 10.3 Å². The second-order valence-corrected chi connectivity index (χ2v) is 5.61. The lowest BCUT2D eigenvalue weighted by Crippen LogP contribution is -2.40. The van der Waals surface area contributed by atoms with E-state index in [1.807, 2.05) is 13.8 Å². The van der Waals surface area contributed by atoms with E-state index < -0.39 is 0 Å².